The fraction of sp³-hybridized carbons (Fsp3) is 0.0682. The molecule has 1 unspecified atom stereocenters. The summed E-state index contributed by atoms with van der Waals surface area (Å²) in [6.45, 7) is 0. The van der Waals surface area contributed by atoms with E-state index >= 15 is 0 Å². The molecule has 3 nitrogen and oxygen atoms in total. The second-order valence-electron chi connectivity index (χ2n) is 12.9. The third-order valence-electron chi connectivity index (χ3n) is 10.7. The predicted octanol–water partition coefficient (Wildman–Crippen LogP) is 11.0. The Hall–Kier alpha value is -5.93. The fourth-order valence-electron chi connectivity index (χ4n) is 8.91. The van der Waals surface area contributed by atoms with E-state index in [1.165, 1.54) is 55.3 Å². The van der Waals surface area contributed by atoms with Gasteiger partial charge in [0.25, 0.3) is 0 Å². The number of hydrogen-bond donors (Lipinski definition) is 0. The van der Waals surface area contributed by atoms with Gasteiger partial charge in [-0.3, -0.25) is 4.57 Å². The van der Waals surface area contributed by atoms with E-state index in [2.05, 4.69) is 150 Å². The molecule has 1 spiro atoms. The van der Waals surface area contributed by atoms with Crippen LogP contribution < -0.4 is 0 Å². The molecule has 8 aromatic rings. The highest BCUT2D eigenvalue weighted by molar-refractivity contribution is 6.13. The number of fused-ring (bicyclic) bond motifs is 15. The van der Waals surface area contributed by atoms with Gasteiger partial charge in [0.2, 0.25) is 0 Å². The number of aromatic nitrogens is 2. The number of hydrogen-bond acceptors (Lipinski definition) is 2. The molecule has 47 heavy (non-hydrogen) atoms. The zero-order chi connectivity index (χ0) is 30.7. The summed E-state index contributed by atoms with van der Waals surface area (Å²) in [5.74, 6) is 0.951. The molecule has 0 fully saturated rings. The van der Waals surface area contributed by atoms with Crippen LogP contribution in [0.1, 0.15) is 35.1 Å². The van der Waals surface area contributed by atoms with Gasteiger partial charge in [0, 0.05) is 27.5 Å². The summed E-state index contributed by atoms with van der Waals surface area (Å²) in [4.78, 5) is 5.22. The summed E-state index contributed by atoms with van der Waals surface area (Å²) in [6, 6.07) is 48.1. The Morgan fingerprint density at radius 1 is 0.596 bits per heavy atom. The summed E-state index contributed by atoms with van der Waals surface area (Å²) < 4.78 is 9.12. The van der Waals surface area contributed by atoms with Crippen LogP contribution in [-0.4, -0.2) is 9.55 Å². The molecule has 3 heteroatoms. The average molecular weight is 601 g/mol. The highest BCUT2D eigenvalue weighted by Crippen LogP contribution is 2.66. The highest BCUT2D eigenvalue weighted by atomic mass is 16.3. The summed E-state index contributed by atoms with van der Waals surface area (Å²) in [5.41, 5.74) is 16.3. The minimum Gasteiger partial charge on any atom is -0.455 e. The van der Waals surface area contributed by atoms with Gasteiger partial charge in [-0.05, 0) is 70.5 Å². The third-order valence-corrected chi connectivity index (χ3v) is 10.7. The molecule has 0 saturated carbocycles. The lowest BCUT2D eigenvalue weighted by molar-refractivity contribution is 0.666. The van der Waals surface area contributed by atoms with Crippen molar-refractivity contribution in [1.29, 1.82) is 0 Å². The molecule has 0 amide bonds. The Morgan fingerprint density at radius 3 is 2.32 bits per heavy atom. The second-order valence-corrected chi connectivity index (χ2v) is 12.9. The standard InChI is InChI=1S/C44H28N2O/c1-2-13-27(14-3-1)43-45-36-21-9-10-22-37(36)46(43)38-23-12-20-34-40(38)30-16-4-7-18-32(30)44(34)33-19-8-5-17-31(33)41-35(44)26-25-29-28-15-6-11-24-39(28)47-42(29)41/h1-4,6-7,9-26H,5,8H2. The highest BCUT2D eigenvalue weighted by Gasteiger charge is 2.55. The van der Waals surface area contributed by atoms with E-state index in [0.717, 1.165) is 52.1 Å². The van der Waals surface area contributed by atoms with Gasteiger partial charge < -0.3 is 4.42 Å². The molecule has 2 heterocycles. The van der Waals surface area contributed by atoms with Crippen LogP contribution in [0.25, 0.3) is 66.7 Å². The van der Waals surface area contributed by atoms with Gasteiger partial charge in [0.1, 0.15) is 17.0 Å². The van der Waals surface area contributed by atoms with Crippen LogP contribution in [0, 0.1) is 0 Å². The molecule has 0 aliphatic heterocycles. The van der Waals surface area contributed by atoms with Crippen LogP contribution in [-0.2, 0) is 5.41 Å². The maximum Gasteiger partial charge on any atom is 0.145 e. The molecule has 11 rings (SSSR count). The Labute approximate surface area is 271 Å². The lowest BCUT2D eigenvalue weighted by atomic mass is 9.69. The minimum absolute atomic E-state index is 0.444. The first-order chi connectivity index (χ1) is 23.3. The van der Waals surface area contributed by atoms with Crippen molar-refractivity contribution in [3.8, 4) is 28.2 Å². The molecule has 0 radical (unpaired) electrons. The van der Waals surface area contributed by atoms with Gasteiger partial charge in [-0.2, -0.15) is 0 Å². The van der Waals surface area contributed by atoms with E-state index in [-0.39, 0.29) is 0 Å². The molecule has 0 bridgehead atoms. The number of imidazole rings is 1. The summed E-state index contributed by atoms with van der Waals surface area (Å²) in [7, 11) is 0. The number of para-hydroxylation sites is 3. The van der Waals surface area contributed by atoms with Crippen LogP contribution in [0.4, 0.5) is 0 Å². The normalized spacial score (nSPS) is 17.5. The van der Waals surface area contributed by atoms with Gasteiger partial charge in [-0.25, -0.2) is 4.98 Å². The predicted molar refractivity (Wildman–Crippen MR) is 191 cm³/mol. The first-order valence-corrected chi connectivity index (χ1v) is 16.5. The molecular weight excluding hydrogens is 572 g/mol. The molecule has 0 N–H and O–H groups in total. The topological polar surface area (TPSA) is 31.0 Å². The van der Waals surface area contributed by atoms with Crippen molar-refractivity contribution < 1.29 is 4.42 Å². The van der Waals surface area contributed by atoms with Gasteiger partial charge in [0.15, 0.2) is 0 Å². The molecular formula is C44H28N2O. The number of allylic oxidation sites excluding steroid dienone is 4. The van der Waals surface area contributed by atoms with Gasteiger partial charge in [-0.15, -0.1) is 0 Å². The molecule has 1 atom stereocenters. The van der Waals surface area contributed by atoms with Crippen molar-refractivity contribution in [3.05, 3.63) is 173 Å². The molecule has 2 aromatic heterocycles. The fourth-order valence-corrected chi connectivity index (χ4v) is 8.91. The lowest BCUT2D eigenvalue weighted by Gasteiger charge is -2.31. The molecule has 3 aliphatic rings. The van der Waals surface area contributed by atoms with E-state index in [4.69, 9.17) is 9.40 Å². The third kappa shape index (κ3) is 3.09. The Morgan fingerprint density at radius 2 is 1.36 bits per heavy atom. The lowest BCUT2D eigenvalue weighted by Crippen LogP contribution is -2.26. The SMILES string of the molecule is C1=C2C(=CCC1)C1(c3ccccc3-c3c(-n4c(-c5ccccc5)nc5ccccc54)cccc31)c1ccc3c(oc4ccccc43)c12. The Bertz CT molecular complexity index is 2690. The first-order valence-electron chi connectivity index (χ1n) is 16.5. The maximum absolute atomic E-state index is 6.74. The van der Waals surface area contributed by atoms with Crippen LogP contribution in [0.15, 0.2) is 156 Å². The molecule has 0 saturated heterocycles. The van der Waals surface area contributed by atoms with Gasteiger partial charge in [0.05, 0.1) is 22.1 Å². The molecule has 220 valence electrons. The van der Waals surface area contributed by atoms with Crippen molar-refractivity contribution in [2.24, 2.45) is 0 Å². The summed E-state index contributed by atoms with van der Waals surface area (Å²) in [6.07, 6.45) is 7.02. The van der Waals surface area contributed by atoms with Gasteiger partial charge >= 0.3 is 0 Å². The number of furan rings is 1. The summed E-state index contributed by atoms with van der Waals surface area (Å²) >= 11 is 0. The zero-order valence-corrected chi connectivity index (χ0v) is 25.6. The Kier molecular flexibility index (Phi) is 4.89. The smallest absolute Gasteiger partial charge is 0.145 e. The van der Waals surface area contributed by atoms with E-state index in [9.17, 15) is 0 Å². The van der Waals surface area contributed by atoms with Crippen molar-refractivity contribution in [3.63, 3.8) is 0 Å². The minimum atomic E-state index is -0.444. The van der Waals surface area contributed by atoms with E-state index in [1.54, 1.807) is 0 Å². The van der Waals surface area contributed by atoms with Crippen molar-refractivity contribution in [2.45, 2.75) is 18.3 Å². The Balaban J connectivity index is 1.28. The van der Waals surface area contributed by atoms with E-state index < -0.39 is 5.41 Å². The van der Waals surface area contributed by atoms with Crippen LogP contribution in [0.3, 0.4) is 0 Å². The van der Waals surface area contributed by atoms with Gasteiger partial charge in [-0.1, -0.05) is 121 Å². The number of rotatable bonds is 2. The number of nitrogens with zero attached hydrogens (tertiary/aromatic N) is 2. The second kappa shape index (κ2) is 9.08. The molecule has 3 aliphatic carbocycles. The quantitative estimate of drug-likeness (QED) is 0.198. The number of benzene rings is 6. The summed E-state index contributed by atoms with van der Waals surface area (Å²) in [5, 5.41) is 2.35. The maximum atomic E-state index is 6.74. The largest absolute Gasteiger partial charge is 0.455 e. The van der Waals surface area contributed by atoms with Crippen LogP contribution in [0.5, 0.6) is 0 Å². The molecule has 6 aromatic carbocycles. The monoisotopic (exact) mass is 600 g/mol. The first kappa shape index (κ1) is 25.3. The van der Waals surface area contributed by atoms with E-state index in [1.807, 2.05) is 0 Å². The zero-order valence-electron chi connectivity index (χ0n) is 25.6. The van der Waals surface area contributed by atoms with Crippen molar-refractivity contribution in [1.82, 2.24) is 9.55 Å². The van der Waals surface area contributed by atoms with Crippen molar-refractivity contribution >= 4 is 38.5 Å². The van der Waals surface area contributed by atoms with Crippen LogP contribution in [0.2, 0.25) is 0 Å². The van der Waals surface area contributed by atoms with E-state index in [0.29, 0.717) is 0 Å². The van der Waals surface area contributed by atoms with Crippen LogP contribution >= 0.6 is 0 Å². The van der Waals surface area contributed by atoms with Crippen molar-refractivity contribution in [2.75, 3.05) is 0 Å². The average Bonchev–Trinajstić information content (AvgIpc) is 3.87.